The van der Waals surface area contributed by atoms with E-state index in [1.165, 1.54) is 0 Å². The summed E-state index contributed by atoms with van der Waals surface area (Å²) in [7, 11) is 0. The standard InChI is InChI=1S/C13H14F4OS/c14-8-6-11(15)13(16,17)7-9-19-12(18)10-4-2-1-3-5-10/h1-5,11H,6-9H2. The number of hydrogen-bond acceptors (Lipinski definition) is 2. The highest BCUT2D eigenvalue weighted by atomic mass is 32.2. The Hall–Kier alpha value is -1.04. The van der Waals surface area contributed by atoms with E-state index in [0.29, 0.717) is 17.3 Å². The molecule has 0 aliphatic rings. The van der Waals surface area contributed by atoms with Gasteiger partial charge in [-0.3, -0.25) is 9.18 Å². The number of alkyl halides is 4. The van der Waals surface area contributed by atoms with Crippen molar-refractivity contribution in [2.45, 2.75) is 24.9 Å². The van der Waals surface area contributed by atoms with Crippen LogP contribution in [0.15, 0.2) is 30.3 Å². The highest BCUT2D eigenvalue weighted by Crippen LogP contribution is 2.30. The highest BCUT2D eigenvalue weighted by Gasteiger charge is 2.39. The molecule has 0 saturated carbocycles. The van der Waals surface area contributed by atoms with Gasteiger partial charge < -0.3 is 0 Å². The van der Waals surface area contributed by atoms with Crippen molar-refractivity contribution in [3.63, 3.8) is 0 Å². The van der Waals surface area contributed by atoms with Gasteiger partial charge in [0.1, 0.15) is 0 Å². The van der Waals surface area contributed by atoms with Gasteiger partial charge in [0.15, 0.2) is 6.17 Å². The summed E-state index contributed by atoms with van der Waals surface area (Å²) < 4.78 is 51.1. The normalized spacial score (nSPS) is 13.3. The number of hydrogen-bond donors (Lipinski definition) is 0. The summed E-state index contributed by atoms with van der Waals surface area (Å²) in [5, 5.41) is -0.336. The van der Waals surface area contributed by atoms with Gasteiger partial charge >= 0.3 is 0 Å². The van der Waals surface area contributed by atoms with E-state index in [-0.39, 0.29) is 10.9 Å². The Labute approximate surface area is 113 Å². The van der Waals surface area contributed by atoms with Crippen molar-refractivity contribution >= 4 is 16.9 Å². The topological polar surface area (TPSA) is 17.1 Å². The Morgan fingerprint density at radius 1 is 1.26 bits per heavy atom. The van der Waals surface area contributed by atoms with Crippen molar-refractivity contribution in [1.29, 1.82) is 0 Å². The number of rotatable bonds is 7. The number of carbonyl (C=O) groups is 1. The van der Waals surface area contributed by atoms with E-state index in [4.69, 9.17) is 0 Å². The summed E-state index contributed by atoms with van der Waals surface area (Å²) >= 11 is 0.713. The maximum atomic E-state index is 13.2. The van der Waals surface area contributed by atoms with Crippen LogP contribution in [0.5, 0.6) is 0 Å². The molecule has 0 spiro atoms. The number of halogens is 4. The van der Waals surface area contributed by atoms with Gasteiger partial charge in [-0.05, 0) is 0 Å². The van der Waals surface area contributed by atoms with E-state index in [0.717, 1.165) is 0 Å². The van der Waals surface area contributed by atoms with Crippen molar-refractivity contribution in [2.24, 2.45) is 0 Å². The Morgan fingerprint density at radius 2 is 1.89 bits per heavy atom. The third-order valence-corrected chi connectivity index (χ3v) is 3.40. The molecule has 0 heterocycles. The predicted molar refractivity (Wildman–Crippen MR) is 68.3 cm³/mol. The molecule has 0 amide bonds. The third kappa shape index (κ3) is 5.22. The lowest BCUT2D eigenvalue weighted by atomic mass is 10.1. The maximum absolute atomic E-state index is 13.2. The SMILES string of the molecule is O=C(SCCC(F)(F)C(F)CCF)c1ccccc1. The minimum absolute atomic E-state index is 0.201. The van der Waals surface area contributed by atoms with E-state index in [1.54, 1.807) is 30.3 Å². The number of thioether (sulfide) groups is 1. The van der Waals surface area contributed by atoms with Gasteiger partial charge in [-0.15, -0.1) is 0 Å². The fourth-order valence-corrected chi connectivity index (χ4v) is 2.26. The Kier molecular flexibility index (Phi) is 6.34. The molecule has 1 unspecified atom stereocenters. The Balaban J connectivity index is 2.40. The fourth-order valence-electron chi connectivity index (χ4n) is 1.40. The van der Waals surface area contributed by atoms with Gasteiger partial charge in [0, 0.05) is 24.2 Å². The van der Waals surface area contributed by atoms with Crippen molar-refractivity contribution in [2.75, 3.05) is 12.4 Å². The van der Waals surface area contributed by atoms with Crippen LogP contribution < -0.4 is 0 Å². The van der Waals surface area contributed by atoms with E-state index in [1.807, 2.05) is 0 Å². The predicted octanol–water partition coefficient (Wildman–Crippen LogP) is 4.28. The number of carbonyl (C=O) groups excluding carboxylic acids is 1. The lowest BCUT2D eigenvalue weighted by molar-refractivity contribution is -0.0778. The van der Waals surface area contributed by atoms with Crippen molar-refractivity contribution in [3.8, 4) is 0 Å². The molecule has 0 N–H and O–H groups in total. The molecule has 1 aromatic rings. The van der Waals surface area contributed by atoms with E-state index >= 15 is 0 Å². The van der Waals surface area contributed by atoms with Crippen LogP contribution in [0.25, 0.3) is 0 Å². The third-order valence-electron chi connectivity index (χ3n) is 2.50. The smallest absolute Gasteiger partial charge is 0.279 e. The summed E-state index contributed by atoms with van der Waals surface area (Å²) in [4.78, 5) is 11.6. The summed E-state index contributed by atoms with van der Waals surface area (Å²) in [6.45, 7) is -1.12. The molecule has 19 heavy (non-hydrogen) atoms. The first-order chi connectivity index (χ1) is 8.97. The minimum atomic E-state index is -3.59. The molecule has 0 fully saturated rings. The monoisotopic (exact) mass is 294 g/mol. The lowest BCUT2D eigenvalue weighted by Gasteiger charge is -2.19. The van der Waals surface area contributed by atoms with Gasteiger partial charge in [-0.2, -0.15) is 0 Å². The summed E-state index contributed by atoms with van der Waals surface area (Å²) in [6.07, 6.45) is -4.09. The summed E-state index contributed by atoms with van der Waals surface area (Å²) in [5.74, 6) is -3.79. The first-order valence-electron chi connectivity index (χ1n) is 5.77. The van der Waals surface area contributed by atoms with Crippen LogP contribution in [-0.4, -0.2) is 29.6 Å². The zero-order valence-corrected chi connectivity index (χ0v) is 10.9. The van der Waals surface area contributed by atoms with Crippen molar-refractivity contribution < 1.29 is 22.4 Å². The Morgan fingerprint density at radius 3 is 2.47 bits per heavy atom. The van der Waals surface area contributed by atoms with Crippen LogP contribution in [-0.2, 0) is 0 Å². The molecule has 1 nitrogen and oxygen atoms in total. The molecule has 0 radical (unpaired) electrons. The average Bonchev–Trinajstić information content (AvgIpc) is 2.39. The summed E-state index contributed by atoms with van der Waals surface area (Å²) in [5.41, 5.74) is 0.413. The van der Waals surface area contributed by atoms with Crippen LogP contribution in [0.1, 0.15) is 23.2 Å². The average molecular weight is 294 g/mol. The molecule has 1 atom stereocenters. The molecule has 6 heteroatoms. The van der Waals surface area contributed by atoms with Crippen molar-refractivity contribution in [3.05, 3.63) is 35.9 Å². The van der Waals surface area contributed by atoms with Gasteiger partial charge in [0.25, 0.3) is 5.92 Å². The van der Waals surface area contributed by atoms with E-state index < -0.39 is 31.6 Å². The zero-order chi connectivity index (χ0) is 14.3. The van der Waals surface area contributed by atoms with E-state index in [2.05, 4.69) is 0 Å². The second-order valence-electron chi connectivity index (χ2n) is 3.96. The van der Waals surface area contributed by atoms with Gasteiger partial charge in [-0.1, -0.05) is 42.1 Å². The molecule has 1 aromatic carbocycles. The molecular weight excluding hydrogens is 280 g/mol. The van der Waals surface area contributed by atoms with Gasteiger partial charge in [-0.25, -0.2) is 13.2 Å². The first kappa shape index (κ1) is 16.0. The van der Waals surface area contributed by atoms with Crippen LogP contribution in [0, 0.1) is 0 Å². The zero-order valence-electron chi connectivity index (χ0n) is 10.1. The van der Waals surface area contributed by atoms with Crippen LogP contribution in [0.4, 0.5) is 17.6 Å². The molecular formula is C13H14F4OS. The molecule has 0 bridgehead atoms. The molecule has 1 rings (SSSR count). The molecule has 0 aliphatic heterocycles. The maximum Gasteiger partial charge on any atom is 0.279 e. The largest absolute Gasteiger partial charge is 0.282 e. The molecule has 0 aromatic heterocycles. The number of benzene rings is 1. The second-order valence-corrected chi connectivity index (χ2v) is 5.03. The Bertz CT molecular complexity index is 397. The molecule has 0 aliphatic carbocycles. The van der Waals surface area contributed by atoms with Crippen LogP contribution in [0.3, 0.4) is 0 Å². The van der Waals surface area contributed by atoms with Crippen molar-refractivity contribution in [1.82, 2.24) is 0 Å². The second kappa shape index (κ2) is 7.53. The van der Waals surface area contributed by atoms with Gasteiger partial charge in [0.2, 0.25) is 5.12 Å². The van der Waals surface area contributed by atoms with Crippen LogP contribution in [0.2, 0.25) is 0 Å². The highest BCUT2D eigenvalue weighted by molar-refractivity contribution is 8.14. The minimum Gasteiger partial charge on any atom is -0.282 e. The molecule has 106 valence electrons. The van der Waals surface area contributed by atoms with Crippen LogP contribution >= 0.6 is 11.8 Å². The fraction of sp³-hybridized carbons (Fsp3) is 0.462. The van der Waals surface area contributed by atoms with Gasteiger partial charge in [0.05, 0.1) is 6.67 Å². The molecule has 0 saturated heterocycles. The first-order valence-corrected chi connectivity index (χ1v) is 6.76. The summed E-state index contributed by atoms with van der Waals surface area (Å²) in [6, 6.07) is 8.23. The van der Waals surface area contributed by atoms with E-state index in [9.17, 15) is 22.4 Å². The lowest BCUT2D eigenvalue weighted by Crippen LogP contribution is -2.31. The quantitative estimate of drug-likeness (QED) is 0.698.